The number of benzene rings is 1. The second kappa shape index (κ2) is 6.66. The van der Waals surface area contributed by atoms with Crippen LogP contribution in [0, 0.1) is 0 Å². The standard InChI is InChI=1S/C12H16Br2O/c1-2-3-4-9(8-15)11-6-5-10(13)7-12(11)14/h5-7,9,15H,2-4,8H2,1H3. The van der Waals surface area contributed by atoms with Crippen molar-refractivity contribution >= 4 is 31.9 Å². The lowest BCUT2D eigenvalue weighted by molar-refractivity contribution is 0.257. The van der Waals surface area contributed by atoms with E-state index in [0.29, 0.717) is 0 Å². The molecule has 0 aromatic heterocycles. The van der Waals surface area contributed by atoms with Crippen LogP contribution in [0.15, 0.2) is 27.1 Å². The van der Waals surface area contributed by atoms with E-state index in [4.69, 9.17) is 0 Å². The summed E-state index contributed by atoms with van der Waals surface area (Å²) in [5.41, 5.74) is 1.20. The van der Waals surface area contributed by atoms with Gasteiger partial charge in [0.15, 0.2) is 0 Å². The zero-order valence-corrected chi connectivity index (χ0v) is 12.0. The van der Waals surface area contributed by atoms with Gasteiger partial charge in [-0.05, 0) is 24.1 Å². The van der Waals surface area contributed by atoms with E-state index in [2.05, 4.69) is 44.8 Å². The van der Waals surface area contributed by atoms with E-state index in [1.54, 1.807) is 0 Å². The summed E-state index contributed by atoms with van der Waals surface area (Å²) in [4.78, 5) is 0. The number of aliphatic hydroxyl groups excluding tert-OH is 1. The first kappa shape index (κ1) is 13.2. The molecule has 0 heterocycles. The van der Waals surface area contributed by atoms with Gasteiger partial charge in [0.05, 0.1) is 0 Å². The molecule has 3 heteroatoms. The van der Waals surface area contributed by atoms with Crippen molar-refractivity contribution in [3.63, 3.8) is 0 Å². The van der Waals surface area contributed by atoms with E-state index in [9.17, 15) is 5.11 Å². The van der Waals surface area contributed by atoms with Crippen molar-refractivity contribution in [2.24, 2.45) is 0 Å². The van der Waals surface area contributed by atoms with Gasteiger partial charge in [0.2, 0.25) is 0 Å². The molecular formula is C12H16Br2O. The van der Waals surface area contributed by atoms with Gasteiger partial charge in [-0.3, -0.25) is 0 Å². The molecule has 15 heavy (non-hydrogen) atoms. The monoisotopic (exact) mass is 334 g/mol. The highest BCUT2D eigenvalue weighted by atomic mass is 79.9. The van der Waals surface area contributed by atoms with Crippen LogP contribution in [0.2, 0.25) is 0 Å². The van der Waals surface area contributed by atoms with Crippen LogP contribution in [0.25, 0.3) is 0 Å². The molecule has 0 amide bonds. The molecule has 0 saturated carbocycles. The third-order valence-electron chi connectivity index (χ3n) is 2.53. The maximum absolute atomic E-state index is 9.37. The minimum absolute atomic E-state index is 0.222. The zero-order valence-electron chi connectivity index (χ0n) is 8.84. The molecule has 0 saturated heterocycles. The van der Waals surface area contributed by atoms with E-state index in [-0.39, 0.29) is 12.5 Å². The maximum Gasteiger partial charge on any atom is 0.0500 e. The minimum atomic E-state index is 0.222. The van der Waals surface area contributed by atoms with Crippen molar-refractivity contribution in [1.82, 2.24) is 0 Å². The highest BCUT2D eigenvalue weighted by molar-refractivity contribution is 9.11. The molecule has 1 aromatic rings. The van der Waals surface area contributed by atoms with Crippen molar-refractivity contribution in [3.05, 3.63) is 32.7 Å². The quantitative estimate of drug-likeness (QED) is 0.841. The van der Waals surface area contributed by atoms with Gasteiger partial charge in [0, 0.05) is 21.5 Å². The first-order valence-corrected chi connectivity index (χ1v) is 6.83. The van der Waals surface area contributed by atoms with Gasteiger partial charge >= 0.3 is 0 Å². The molecule has 0 aliphatic heterocycles. The predicted octanol–water partition coefficient (Wildman–Crippen LogP) is 4.48. The lowest BCUT2D eigenvalue weighted by Gasteiger charge is -2.16. The van der Waals surface area contributed by atoms with Crippen LogP contribution in [0.5, 0.6) is 0 Å². The molecule has 84 valence electrons. The fraction of sp³-hybridized carbons (Fsp3) is 0.500. The van der Waals surface area contributed by atoms with Gasteiger partial charge in [-0.15, -0.1) is 0 Å². The van der Waals surface area contributed by atoms with Crippen molar-refractivity contribution < 1.29 is 5.11 Å². The van der Waals surface area contributed by atoms with Crippen LogP contribution >= 0.6 is 31.9 Å². The molecule has 0 radical (unpaired) electrons. The molecule has 1 atom stereocenters. The number of hydrogen-bond donors (Lipinski definition) is 1. The smallest absolute Gasteiger partial charge is 0.0500 e. The summed E-state index contributed by atoms with van der Waals surface area (Å²) in [7, 11) is 0. The Hall–Kier alpha value is 0.140. The Bertz CT molecular complexity index is 312. The molecule has 1 N–H and O–H groups in total. The van der Waals surface area contributed by atoms with E-state index >= 15 is 0 Å². The Morgan fingerprint density at radius 2 is 2.07 bits per heavy atom. The van der Waals surface area contributed by atoms with Gasteiger partial charge in [0.25, 0.3) is 0 Å². The molecule has 0 aliphatic carbocycles. The van der Waals surface area contributed by atoms with Crippen LogP contribution in [-0.2, 0) is 0 Å². The molecule has 0 spiro atoms. The normalized spacial score (nSPS) is 12.8. The van der Waals surface area contributed by atoms with E-state index in [0.717, 1.165) is 21.8 Å². The fourth-order valence-electron chi connectivity index (χ4n) is 1.63. The third-order valence-corrected chi connectivity index (χ3v) is 3.71. The summed E-state index contributed by atoms with van der Waals surface area (Å²) in [6.07, 6.45) is 3.38. The Kier molecular flexibility index (Phi) is 5.87. The molecule has 1 nitrogen and oxygen atoms in total. The molecule has 0 bridgehead atoms. The topological polar surface area (TPSA) is 20.2 Å². The van der Waals surface area contributed by atoms with Crippen LogP contribution < -0.4 is 0 Å². The SMILES string of the molecule is CCCCC(CO)c1ccc(Br)cc1Br. The average molecular weight is 336 g/mol. The summed E-state index contributed by atoms with van der Waals surface area (Å²) in [6, 6.07) is 6.13. The molecule has 0 aliphatic rings. The van der Waals surface area contributed by atoms with Crippen LogP contribution in [0.1, 0.15) is 37.7 Å². The van der Waals surface area contributed by atoms with Crippen molar-refractivity contribution in [2.45, 2.75) is 32.1 Å². The van der Waals surface area contributed by atoms with E-state index < -0.39 is 0 Å². The predicted molar refractivity (Wildman–Crippen MR) is 71.2 cm³/mol. The van der Waals surface area contributed by atoms with Crippen LogP contribution in [0.4, 0.5) is 0 Å². The summed E-state index contributed by atoms with van der Waals surface area (Å²) < 4.78 is 2.14. The Morgan fingerprint density at radius 1 is 1.33 bits per heavy atom. The summed E-state index contributed by atoms with van der Waals surface area (Å²) in [5, 5.41) is 9.37. The van der Waals surface area contributed by atoms with Gasteiger partial charge in [-0.25, -0.2) is 0 Å². The summed E-state index contributed by atoms with van der Waals surface area (Å²) >= 11 is 6.97. The Balaban J connectivity index is 2.81. The van der Waals surface area contributed by atoms with Gasteiger partial charge in [-0.2, -0.15) is 0 Å². The maximum atomic E-state index is 9.37. The number of aliphatic hydroxyl groups is 1. The van der Waals surface area contributed by atoms with E-state index in [1.807, 2.05) is 12.1 Å². The number of hydrogen-bond acceptors (Lipinski definition) is 1. The second-order valence-electron chi connectivity index (χ2n) is 3.69. The minimum Gasteiger partial charge on any atom is -0.396 e. The highest BCUT2D eigenvalue weighted by Crippen LogP contribution is 2.30. The molecular weight excluding hydrogens is 320 g/mol. The summed E-state index contributed by atoms with van der Waals surface area (Å²) in [6.45, 7) is 2.39. The fourth-order valence-corrected chi connectivity index (χ4v) is 3.00. The van der Waals surface area contributed by atoms with Crippen LogP contribution in [-0.4, -0.2) is 11.7 Å². The second-order valence-corrected chi connectivity index (χ2v) is 5.46. The number of unbranched alkanes of at least 4 members (excludes halogenated alkanes) is 1. The first-order valence-electron chi connectivity index (χ1n) is 5.24. The average Bonchev–Trinajstić information content (AvgIpc) is 2.21. The Labute approximate surface area is 108 Å². The third kappa shape index (κ3) is 3.89. The van der Waals surface area contributed by atoms with Crippen molar-refractivity contribution in [3.8, 4) is 0 Å². The van der Waals surface area contributed by atoms with Gasteiger partial charge < -0.3 is 5.11 Å². The molecule has 0 fully saturated rings. The molecule has 1 rings (SSSR count). The molecule has 1 aromatic carbocycles. The zero-order chi connectivity index (χ0) is 11.3. The Morgan fingerprint density at radius 3 is 2.60 bits per heavy atom. The number of rotatable bonds is 5. The highest BCUT2D eigenvalue weighted by Gasteiger charge is 2.13. The van der Waals surface area contributed by atoms with Gasteiger partial charge in [-0.1, -0.05) is 57.7 Å². The van der Waals surface area contributed by atoms with Crippen molar-refractivity contribution in [1.29, 1.82) is 0 Å². The summed E-state index contributed by atoms with van der Waals surface area (Å²) in [5.74, 6) is 0.257. The molecule has 1 unspecified atom stereocenters. The number of halogens is 2. The van der Waals surface area contributed by atoms with Crippen LogP contribution in [0.3, 0.4) is 0 Å². The first-order chi connectivity index (χ1) is 7.19. The largest absolute Gasteiger partial charge is 0.396 e. The lowest BCUT2D eigenvalue weighted by atomic mass is 9.94. The van der Waals surface area contributed by atoms with E-state index in [1.165, 1.54) is 12.0 Å². The van der Waals surface area contributed by atoms with Crippen molar-refractivity contribution in [2.75, 3.05) is 6.61 Å². The van der Waals surface area contributed by atoms with Gasteiger partial charge in [0.1, 0.15) is 0 Å². The lowest BCUT2D eigenvalue weighted by Crippen LogP contribution is -2.04.